The normalized spacial score (nSPS) is 19.7. The van der Waals surface area contributed by atoms with Crippen LogP contribution in [0.5, 0.6) is 5.88 Å². The van der Waals surface area contributed by atoms with Gasteiger partial charge in [-0.25, -0.2) is 24.9 Å². The molecule has 0 radical (unpaired) electrons. The molecular weight excluding hydrogens is 492 g/mol. The molecule has 39 heavy (non-hydrogen) atoms. The van der Waals surface area contributed by atoms with E-state index in [2.05, 4.69) is 24.8 Å². The minimum atomic E-state index is 0.287. The Bertz CT molecular complexity index is 1540. The van der Waals surface area contributed by atoms with Crippen molar-refractivity contribution in [1.29, 1.82) is 0 Å². The lowest BCUT2D eigenvalue weighted by molar-refractivity contribution is -0.00979. The number of fused-ring (bicyclic) bond motifs is 3. The molecule has 2 atom stereocenters. The van der Waals surface area contributed by atoms with Gasteiger partial charge in [-0.05, 0) is 43.7 Å². The molecule has 2 bridgehead atoms. The predicted octanol–water partition coefficient (Wildman–Crippen LogP) is 2.80. The Labute approximate surface area is 226 Å². The van der Waals surface area contributed by atoms with Crippen LogP contribution in [-0.2, 0) is 6.54 Å². The third-order valence-corrected chi connectivity index (χ3v) is 7.10. The molecule has 11 nitrogen and oxygen atoms in total. The number of piperazine rings is 1. The van der Waals surface area contributed by atoms with Crippen molar-refractivity contribution >= 4 is 28.4 Å². The van der Waals surface area contributed by atoms with E-state index in [0.29, 0.717) is 35.3 Å². The molecule has 1 aromatic carbocycles. The van der Waals surface area contributed by atoms with E-state index in [0.717, 1.165) is 47.6 Å². The summed E-state index contributed by atoms with van der Waals surface area (Å²) in [4.78, 5) is 32.4. The molecule has 0 aliphatic carbocycles. The van der Waals surface area contributed by atoms with Crippen LogP contribution < -0.4 is 21.1 Å². The summed E-state index contributed by atoms with van der Waals surface area (Å²) in [6.45, 7) is 4.40. The molecule has 7 rings (SSSR count). The van der Waals surface area contributed by atoms with Crippen LogP contribution in [0.4, 0.5) is 11.6 Å². The first-order chi connectivity index (χ1) is 19.0. The number of pyridine rings is 1. The number of methoxy groups -OCH3 is 1. The monoisotopic (exact) mass is 522 g/mol. The number of nitrogens with zero attached hydrogens (tertiary/aromatic N) is 8. The van der Waals surface area contributed by atoms with Gasteiger partial charge in [0.05, 0.1) is 30.7 Å². The zero-order valence-electron chi connectivity index (χ0n) is 21.9. The Balaban J connectivity index is 1.18. The van der Waals surface area contributed by atoms with Gasteiger partial charge < -0.3 is 21.1 Å². The number of rotatable bonds is 7. The van der Waals surface area contributed by atoms with Gasteiger partial charge in [-0.1, -0.05) is 12.1 Å². The quantitative estimate of drug-likeness (QED) is 0.274. The van der Waals surface area contributed by atoms with Gasteiger partial charge in [0.25, 0.3) is 0 Å². The maximum absolute atomic E-state index is 6.07. The molecule has 6 heterocycles. The van der Waals surface area contributed by atoms with E-state index in [1.807, 2.05) is 42.6 Å². The fourth-order valence-corrected chi connectivity index (χ4v) is 5.22. The number of nitrogens with two attached hydrogens (primary N) is 2. The Hall–Kier alpha value is -4.64. The van der Waals surface area contributed by atoms with E-state index in [4.69, 9.17) is 31.2 Å². The number of benzene rings is 1. The molecule has 198 valence electrons. The van der Waals surface area contributed by atoms with Crippen molar-refractivity contribution in [2.24, 2.45) is 16.5 Å². The molecule has 4 N–H and O–H groups in total. The number of aromatic nitrogens is 5. The highest BCUT2D eigenvalue weighted by molar-refractivity contribution is 5.97. The summed E-state index contributed by atoms with van der Waals surface area (Å²) in [6, 6.07) is 12.7. The molecule has 3 saturated heterocycles. The SMILES string of the molecule is COc1cnc(CN2C3CC2CN(c2ccc(-c4nc(N=C(N)/C=C(/C)N)c5ccccc5n4)cn2)C3)cn1. The summed E-state index contributed by atoms with van der Waals surface area (Å²) in [5.74, 6) is 2.80. The molecule has 3 aromatic heterocycles. The summed E-state index contributed by atoms with van der Waals surface area (Å²) < 4.78 is 5.12. The Morgan fingerprint density at radius 3 is 2.54 bits per heavy atom. The van der Waals surface area contributed by atoms with Gasteiger partial charge in [0.15, 0.2) is 11.6 Å². The molecule has 0 amide bonds. The van der Waals surface area contributed by atoms with Crippen LogP contribution in [0, 0.1) is 0 Å². The first-order valence-corrected chi connectivity index (χ1v) is 12.8. The molecule has 4 aromatic rings. The highest BCUT2D eigenvalue weighted by Gasteiger charge is 2.44. The van der Waals surface area contributed by atoms with Crippen LogP contribution in [0.15, 0.2) is 71.8 Å². The van der Waals surface area contributed by atoms with Crippen molar-refractivity contribution in [3.05, 3.63) is 72.5 Å². The third-order valence-electron chi connectivity index (χ3n) is 7.10. The topological polar surface area (TPSA) is 145 Å². The van der Waals surface area contributed by atoms with Crippen molar-refractivity contribution in [3.8, 4) is 17.3 Å². The Morgan fingerprint density at radius 2 is 1.85 bits per heavy atom. The van der Waals surface area contributed by atoms with Crippen molar-refractivity contribution < 1.29 is 4.74 Å². The van der Waals surface area contributed by atoms with E-state index >= 15 is 0 Å². The molecule has 3 aliphatic heterocycles. The maximum atomic E-state index is 6.07. The van der Waals surface area contributed by atoms with Crippen LogP contribution in [0.25, 0.3) is 22.3 Å². The molecule has 0 saturated carbocycles. The average molecular weight is 523 g/mol. The second-order valence-corrected chi connectivity index (χ2v) is 9.89. The summed E-state index contributed by atoms with van der Waals surface area (Å²) in [7, 11) is 1.60. The van der Waals surface area contributed by atoms with Gasteiger partial charge in [0.1, 0.15) is 11.7 Å². The van der Waals surface area contributed by atoms with Crippen molar-refractivity contribution in [1.82, 2.24) is 29.8 Å². The second kappa shape index (κ2) is 10.3. The van der Waals surface area contributed by atoms with E-state index in [-0.39, 0.29) is 5.84 Å². The number of hydrogen-bond acceptors (Lipinski definition) is 10. The lowest BCUT2D eigenvalue weighted by Gasteiger charge is -2.56. The maximum Gasteiger partial charge on any atom is 0.231 e. The lowest BCUT2D eigenvalue weighted by Crippen LogP contribution is -2.68. The molecule has 2 unspecified atom stereocenters. The Morgan fingerprint density at radius 1 is 1.03 bits per heavy atom. The Kier molecular flexibility index (Phi) is 6.49. The van der Waals surface area contributed by atoms with Gasteiger partial charge >= 0.3 is 0 Å². The molecule has 3 aliphatic rings. The largest absolute Gasteiger partial charge is 0.480 e. The zero-order valence-corrected chi connectivity index (χ0v) is 21.9. The van der Waals surface area contributed by atoms with Crippen molar-refractivity contribution in [3.63, 3.8) is 0 Å². The highest BCUT2D eigenvalue weighted by atomic mass is 16.5. The number of hydrogen-bond donors (Lipinski definition) is 2. The number of aliphatic imine (C=N–C) groups is 1. The number of ether oxygens (including phenoxy) is 1. The minimum absolute atomic E-state index is 0.287. The molecule has 0 spiro atoms. The number of anilines is 1. The average Bonchev–Trinajstić information content (AvgIpc) is 2.96. The summed E-state index contributed by atoms with van der Waals surface area (Å²) in [5, 5.41) is 0.814. The predicted molar refractivity (Wildman–Crippen MR) is 151 cm³/mol. The van der Waals surface area contributed by atoms with Crippen LogP contribution in [0.1, 0.15) is 19.0 Å². The van der Waals surface area contributed by atoms with E-state index in [1.165, 1.54) is 6.42 Å². The van der Waals surface area contributed by atoms with Gasteiger partial charge in [-0.2, -0.15) is 0 Å². The first-order valence-electron chi connectivity index (χ1n) is 12.8. The van der Waals surface area contributed by atoms with Crippen LogP contribution in [0.2, 0.25) is 0 Å². The third kappa shape index (κ3) is 5.08. The van der Waals surface area contributed by atoms with E-state index in [9.17, 15) is 0 Å². The number of allylic oxidation sites excluding steroid dienone is 1. The molecule has 3 fully saturated rings. The fourth-order valence-electron chi connectivity index (χ4n) is 5.22. The van der Waals surface area contributed by atoms with Crippen LogP contribution in [-0.4, -0.2) is 67.9 Å². The second-order valence-electron chi connectivity index (χ2n) is 9.89. The smallest absolute Gasteiger partial charge is 0.231 e. The summed E-state index contributed by atoms with van der Waals surface area (Å²) >= 11 is 0. The van der Waals surface area contributed by atoms with Gasteiger partial charge in [0.2, 0.25) is 5.88 Å². The molecular formula is C28H30N10O. The first kappa shape index (κ1) is 24.7. The fraction of sp³-hybridized carbons (Fsp3) is 0.286. The summed E-state index contributed by atoms with van der Waals surface area (Å²) in [6.07, 6.45) is 8.09. The van der Waals surface area contributed by atoms with Crippen molar-refractivity contribution in [2.75, 3.05) is 25.1 Å². The van der Waals surface area contributed by atoms with Gasteiger partial charge in [-0.3, -0.25) is 9.88 Å². The number of para-hydroxylation sites is 1. The van der Waals surface area contributed by atoms with Gasteiger partial charge in [0, 0.05) is 54.6 Å². The van der Waals surface area contributed by atoms with Crippen LogP contribution >= 0.6 is 0 Å². The van der Waals surface area contributed by atoms with Crippen molar-refractivity contribution in [2.45, 2.75) is 32.0 Å². The molecule has 11 heteroatoms. The minimum Gasteiger partial charge on any atom is -0.480 e. The van der Waals surface area contributed by atoms with Gasteiger partial charge in [-0.15, -0.1) is 0 Å². The summed E-state index contributed by atoms with van der Waals surface area (Å²) in [5.41, 5.74) is 15.0. The van der Waals surface area contributed by atoms with E-state index in [1.54, 1.807) is 32.5 Å². The zero-order chi connectivity index (χ0) is 26.9. The lowest BCUT2D eigenvalue weighted by atomic mass is 9.87. The van der Waals surface area contributed by atoms with Crippen LogP contribution in [0.3, 0.4) is 0 Å². The number of piperidine rings is 1. The standard InChI is InChI=1S/C28H30N10O/c1-17(29)9-24(30)35-28-22-5-3-4-6-23(22)34-27(36-28)18-7-8-25(32-11-18)37-15-20-10-21(16-37)38(20)14-19-12-33-26(39-2)13-31-19/h3-9,11-13,20-21H,10,14-16,29H2,1-2H3,(H2,30,34,35,36)/b17-9-. The van der Waals surface area contributed by atoms with E-state index < -0.39 is 0 Å². The number of amidine groups is 1. The highest BCUT2D eigenvalue weighted by Crippen LogP contribution is 2.35.